The van der Waals surface area contributed by atoms with Crippen LogP contribution < -0.4 is 0 Å². The number of ketones is 1. The maximum Gasteiger partial charge on any atom is 0.316 e. The van der Waals surface area contributed by atoms with Gasteiger partial charge in [0.25, 0.3) is 0 Å². The Hall–Kier alpha value is -1.32. The number of hydrogen-bond acceptors (Lipinski definition) is 4. The normalized spacial score (nSPS) is 23.3. The molecule has 0 saturated heterocycles. The zero-order valence-electron chi connectivity index (χ0n) is 9.45. The molecule has 4 heteroatoms. The van der Waals surface area contributed by atoms with Gasteiger partial charge in [-0.25, -0.2) is 0 Å². The molecular formula is C11H17NO3. The van der Waals surface area contributed by atoms with Crippen molar-refractivity contribution in [1.82, 2.24) is 4.90 Å². The molecule has 0 aromatic rings. The van der Waals surface area contributed by atoms with E-state index in [1.165, 1.54) is 0 Å². The van der Waals surface area contributed by atoms with Gasteiger partial charge in [0.2, 0.25) is 0 Å². The van der Waals surface area contributed by atoms with E-state index < -0.39 is 5.92 Å². The summed E-state index contributed by atoms with van der Waals surface area (Å²) in [7, 11) is 3.72. The van der Waals surface area contributed by atoms with Gasteiger partial charge in [-0.05, 0) is 19.8 Å². The summed E-state index contributed by atoms with van der Waals surface area (Å²) in [4.78, 5) is 25.0. The lowest BCUT2D eigenvalue weighted by molar-refractivity contribution is -0.150. The van der Waals surface area contributed by atoms with Crippen LogP contribution in [0.1, 0.15) is 19.8 Å². The Balaban J connectivity index is 2.68. The monoisotopic (exact) mass is 211 g/mol. The summed E-state index contributed by atoms with van der Waals surface area (Å²) in [6.45, 7) is 2.07. The van der Waals surface area contributed by atoms with Gasteiger partial charge in [0.05, 0.1) is 6.61 Å². The number of hydrogen-bond donors (Lipinski definition) is 0. The lowest BCUT2D eigenvalue weighted by Crippen LogP contribution is -2.22. The molecule has 1 fully saturated rings. The van der Waals surface area contributed by atoms with E-state index in [-0.39, 0.29) is 11.8 Å². The van der Waals surface area contributed by atoms with Gasteiger partial charge in [0.15, 0.2) is 5.78 Å². The van der Waals surface area contributed by atoms with Crippen LogP contribution in [0.15, 0.2) is 11.8 Å². The van der Waals surface area contributed by atoms with E-state index in [1.54, 1.807) is 13.1 Å². The summed E-state index contributed by atoms with van der Waals surface area (Å²) in [5.41, 5.74) is 0.720. The number of nitrogens with zero attached hydrogens (tertiary/aromatic N) is 1. The first-order valence-electron chi connectivity index (χ1n) is 5.14. The molecule has 0 heterocycles. The number of allylic oxidation sites excluding steroid dienone is 1. The molecular weight excluding hydrogens is 194 g/mol. The lowest BCUT2D eigenvalue weighted by Gasteiger charge is -2.07. The molecule has 1 unspecified atom stereocenters. The third kappa shape index (κ3) is 2.81. The lowest BCUT2D eigenvalue weighted by atomic mass is 10.1. The van der Waals surface area contributed by atoms with Crippen LogP contribution in [0.5, 0.6) is 0 Å². The average Bonchev–Trinajstić information content (AvgIpc) is 2.48. The highest BCUT2D eigenvalue weighted by Crippen LogP contribution is 2.27. The van der Waals surface area contributed by atoms with Gasteiger partial charge in [0.1, 0.15) is 5.92 Å². The van der Waals surface area contributed by atoms with Crippen LogP contribution in [0.25, 0.3) is 0 Å². The van der Waals surface area contributed by atoms with Crippen molar-refractivity contribution in [1.29, 1.82) is 0 Å². The predicted molar refractivity (Wildman–Crippen MR) is 56.1 cm³/mol. The number of esters is 1. The van der Waals surface area contributed by atoms with Crippen LogP contribution >= 0.6 is 0 Å². The third-order valence-corrected chi connectivity index (χ3v) is 2.32. The average molecular weight is 211 g/mol. The Morgan fingerprint density at radius 3 is 2.80 bits per heavy atom. The second-order valence-electron chi connectivity index (χ2n) is 3.83. The van der Waals surface area contributed by atoms with Crippen molar-refractivity contribution < 1.29 is 14.3 Å². The minimum atomic E-state index is -0.573. The van der Waals surface area contributed by atoms with Crippen molar-refractivity contribution in [2.45, 2.75) is 19.8 Å². The Morgan fingerprint density at radius 1 is 1.60 bits per heavy atom. The Bertz CT molecular complexity index is 294. The largest absolute Gasteiger partial charge is 0.465 e. The van der Waals surface area contributed by atoms with Crippen molar-refractivity contribution in [3.8, 4) is 0 Å². The van der Waals surface area contributed by atoms with Gasteiger partial charge in [0, 0.05) is 25.9 Å². The Labute approximate surface area is 89.9 Å². The summed E-state index contributed by atoms with van der Waals surface area (Å²) in [6.07, 6.45) is 3.03. The second-order valence-corrected chi connectivity index (χ2v) is 3.83. The number of rotatable bonds is 3. The van der Waals surface area contributed by atoms with Crippen molar-refractivity contribution in [3.05, 3.63) is 11.8 Å². The molecule has 1 rings (SSSR count). The standard InChI is InChI=1S/C11H17NO3/c1-4-15-11(14)9-6-5-8(10(9)13)7-12(2)3/h7,9H,4-6H2,1-3H3/b8-7-. The Morgan fingerprint density at radius 2 is 2.27 bits per heavy atom. The van der Waals surface area contributed by atoms with E-state index in [1.807, 2.05) is 19.0 Å². The molecule has 0 aliphatic heterocycles. The zero-order chi connectivity index (χ0) is 11.4. The number of Topliss-reactive ketones (excluding diaryl/α,β-unsaturated/α-hetero) is 1. The predicted octanol–water partition coefficient (Wildman–Crippen LogP) is 0.974. The van der Waals surface area contributed by atoms with E-state index >= 15 is 0 Å². The van der Waals surface area contributed by atoms with Crippen molar-refractivity contribution >= 4 is 11.8 Å². The molecule has 84 valence electrons. The third-order valence-electron chi connectivity index (χ3n) is 2.32. The summed E-state index contributed by atoms with van der Waals surface area (Å²) < 4.78 is 4.85. The van der Waals surface area contributed by atoms with Crippen LogP contribution in [-0.2, 0) is 14.3 Å². The highest BCUT2D eigenvalue weighted by Gasteiger charge is 2.35. The first-order chi connectivity index (χ1) is 7.06. The van der Waals surface area contributed by atoms with Gasteiger partial charge in [-0.1, -0.05) is 0 Å². The highest BCUT2D eigenvalue weighted by molar-refractivity contribution is 6.10. The maximum atomic E-state index is 11.8. The summed E-state index contributed by atoms with van der Waals surface area (Å²) >= 11 is 0. The smallest absolute Gasteiger partial charge is 0.316 e. The molecule has 4 nitrogen and oxygen atoms in total. The Kier molecular flexibility index (Phi) is 3.88. The molecule has 0 N–H and O–H groups in total. The first kappa shape index (κ1) is 11.8. The molecule has 0 amide bonds. The zero-order valence-corrected chi connectivity index (χ0v) is 9.45. The number of carbonyl (C=O) groups is 2. The van der Waals surface area contributed by atoms with E-state index in [4.69, 9.17) is 4.74 Å². The fourth-order valence-corrected chi connectivity index (χ4v) is 1.69. The number of carbonyl (C=O) groups excluding carboxylic acids is 2. The van der Waals surface area contributed by atoms with E-state index in [9.17, 15) is 9.59 Å². The maximum absolute atomic E-state index is 11.8. The van der Waals surface area contributed by atoms with Crippen molar-refractivity contribution in [2.24, 2.45) is 5.92 Å². The summed E-state index contributed by atoms with van der Waals surface area (Å²) in [5, 5.41) is 0. The van der Waals surface area contributed by atoms with Gasteiger partial charge in [-0.3, -0.25) is 9.59 Å². The van der Waals surface area contributed by atoms with Crippen LogP contribution in [0, 0.1) is 5.92 Å². The van der Waals surface area contributed by atoms with Crippen molar-refractivity contribution in [2.75, 3.05) is 20.7 Å². The minimum Gasteiger partial charge on any atom is -0.465 e. The van der Waals surface area contributed by atoms with Gasteiger partial charge in [-0.2, -0.15) is 0 Å². The highest BCUT2D eigenvalue weighted by atomic mass is 16.5. The van der Waals surface area contributed by atoms with Crippen LogP contribution in [0.3, 0.4) is 0 Å². The minimum absolute atomic E-state index is 0.0813. The molecule has 1 aliphatic rings. The van der Waals surface area contributed by atoms with Crippen LogP contribution in [0.4, 0.5) is 0 Å². The van der Waals surface area contributed by atoms with E-state index in [0.717, 1.165) is 5.57 Å². The topological polar surface area (TPSA) is 46.6 Å². The molecule has 15 heavy (non-hydrogen) atoms. The SMILES string of the molecule is CCOC(=O)C1CC/C(=C/N(C)C)C1=O. The van der Waals surface area contributed by atoms with Gasteiger partial charge >= 0.3 is 5.97 Å². The fourth-order valence-electron chi connectivity index (χ4n) is 1.69. The summed E-state index contributed by atoms with van der Waals surface area (Å²) in [6, 6.07) is 0. The van der Waals surface area contributed by atoms with E-state index in [0.29, 0.717) is 19.4 Å². The van der Waals surface area contributed by atoms with Crippen molar-refractivity contribution in [3.63, 3.8) is 0 Å². The molecule has 1 aliphatic carbocycles. The first-order valence-corrected chi connectivity index (χ1v) is 5.14. The van der Waals surface area contributed by atoms with Crippen LogP contribution in [0.2, 0.25) is 0 Å². The molecule has 1 saturated carbocycles. The molecule has 0 aromatic carbocycles. The number of ether oxygens (including phenoxy) is 1. The molecule has 1 atom stereocenters. The molecule has 0 bridgehead atoms. The van der Waals surface area contributed by atoms with Crippen LogP contribution in [-0.4, -0.2) is 37.4 Å². The molecule has 0 aromatic heterocycles. The summed E-state index contributed by atoms with van der Waals surface area (Å²) in [5.74, 6) is -1.04. The van der Waals surface area contributed by atoms with Gasteiger partial charge in [-0.15, -0.1) is 0 Å². The fraction of sp³-hybridized carbons (Fsp3) is 0.636. The quantitative estimate of drug-likeness (QED) is 0.396. The second kappa shape index (κ2) is 4.96. The van der Waals surface area contributed by atoms with E-state index in [2.05, 4.69) is 0 Å². The molecule has 0 spiro atoms. The van der Waals surface area contributed by atoms with Gasteiger partial charge < -0.3 is 9.64 Å². The molecule has 0 radical (unpaired) electrons.